The highest BCUT2D eigenvalue weighted by Crippen LogP contribution is 2.38. The number of hydrogen-bond acceptors (Lipinski definition) is 9. The van der Waals surface area contributed by atoms with Crippen molar-refractivity contribution in [2.75, 3.05) is 39.6 Å². The van der Waals surface area contributed by atoms with Gasteiger partial charge in [0.1, 0.15) is 19.0 Å². The summed E-state index contributed by atoms with van der Waals surface area (Å²) in [6.07, 6.45) is 10.9. The number of carbonyl (C=O) groups is 3. The molecule has 0 radical (unpaired) electrons. The van der Waals surface area contributed by atoms with Crippen LogP contribution >= 0.6 is 0 Å². The van der Waals surface area contributed by atoms with E-state index < -0.39 is 18.1 Å². The molecule has 0 aromatic heterocycles. The van der Waals surface area contributed by atoms with E-state index in [-0.39, 0.29) is 39.0 Å². The molecule has 9 nitrogen and oxygen atoms in total. The smallest absolute Gasteiger partial charge is 0.492 e. The zero-order chi connectivity index (χ0) is 40.6. The minimum absolute atomic E-state index is 0.133. The highest BCUT2D eigenvalue weighted by Gasteiger charge is 2.25. The van der Waals surface area contributed by atoms with E-state index in [0.717, 1.165) is 66.4 Å². The van der Waals surface area contributed by atoms with Gasteiger partial charge in [-0.3, -0.25) is 0 Å². The van der Waals surface area contributed by atoms with Gasteiger partial charge in [-0.25, -0.2) is 14.4 Å². The molecule has 2 aliphatic rings. The van der Waals surface area contributed by atoms with Crippen LogP contribution in [0.5, 0.6) is 5.75 Å². The van der Waals surface area contributed by atoms with E-state index in [1.54, 1.807) is 6.92 Å². The topological polar surface area (TPSA) is 107 Å². The number of esters is 2. The first-order valence-electron chi connectivity index (χ1n) is 20.7. The molecule has 3 aromatic rings. The molecule has 306 valence electrons. The first-order valence-corrected chi connectivity index (χ1v) is 20.7. The van der Waals surface area contributed by atoms with E-state index in [1.807, 2.05) is 0 Å². The van der Waals surface area contributed by atoms with Crippen LogP contribution < -0.4 is 4.74 Å². The molecule has 0 bridgehead atoms. The third kappa shape index (κ3) is 12.8. The van der Waals surface area contributed by atoms with Crippen molar-refractivity contribution < 1.29 is 42.8 Å². The Morgan fingerprint density at radius 2 is 1.42 bits per heavy atom. The third-order valence-corrected chi connectivity index (χ3v) is 10.8. The van der Waals surface area contributed by atoms with Crippen molar-refractivity contribution in [3.05, 3.63) is 102 Å². The number of carbonyl (C=O) groups excluding carboxylic acids is 3. The Morgan fingerprint density at radius 3 is 2.04 bits per heavy atom. The molecule has 1 aliphatic carbocycles. The highest BCUT2D eigenvalue weighted by molar-refractivity contribution is 5.87. The number of aryl methyl sites for hydroxylation is 3. The highest BCUT2D eigenvalue weighted by atomic mass is 16.7. The third-order valence-electron chi connectivity index (χ3n) is 10.8. The molecule has 0 atom stereocenters. The summed E-state index contributed by atoms with van der Waals surface area (Å²) in [6.45, 7) is 15.2. The Morgan fingerprint density at radius 1 is 0.789 bits per heavy atom. The van der Waals surface area contributed by atoms with E-state index >= 15 is 0 Å². The lowest BCUT2D eigenvalue weighted by atomic mass is 9.82. The van der Waals surface area contributed by atoms with Gasteiger partial charge in [-0.05, 0) is 134 Å². The molecule has 0 N–H and O–H groups in total. The minimum Gasteiger partial charge on any atom is -0.492 e. The van der Waals surface area contributed by atoms with Gasteiger partial charge in [-0.1, -0.05) is 75.9 Å². The van der Waals surface area contributed by atoms with Crippen molar-refractivity contribution in [1.82, 2.24) is 0 Å². The fraction of sp³-hybridized carbons (Fsp3) is 0.479. The second-order valence-electron chi connectivity index (χ2n) is 15.2. The van der Waals surface area contributed by atoms with Crippen LogP contribution in [-0.2, 0) is 52.5 Å². The Hall–Kier alpha value is -4.89. The Balaban J connectivity index is 1.40. The van der Waals surface area contributed by atoms with Crippen molar-refractivity contribution >= 4 is 18.1 Å². The van der Waals surface area contributed by atoms with Gasteiger partial charge in [0, 0.05) is 18.3 Å². The van der Waals surface area contributed by atoms with Gasteiger partial charge in [0.25, 0.3) is 0 Å². The summed E-state index contributed by atoms with van der Waals surface area (Å²) < 4.78 is 33.6. The Labute approximate surface area is 338 Å². The van der Waals surface area contributed by atoms with Gasteiger partial charge in [0.15, 0.2) is 0 Å². The predicted molar refractivity (Wildman–Crippen MR) is 222 cm³/mol. The summed E-state index contributed by atoms with van der Waals surface area (Å²) in [6, 6.07) is 20.2. The van der Waals surface area contributed by atoms with E-state index in [0.29, 0.717) is 43.3 Å². The molecule has 1 saturated heterocycles. The molecule has 57 heavy (non-hydrogen) atoms. The van der Waals surface area contributed by atoms with Crippen LogP contribution in [0.15, 0.2) is 79.4 Å². The molecule has 0 spiro atoms. The van der Waals surface area contributed by atoms with Crippen molar-refractivity contribution in [1.29, 1.82) is 0 Å². The van der Waals surface area contributed by atoms with Gasteiger partial charge in [-0.2, -0.15) is 0 Å². The van der Waals surface area contributed by atoms with Gasteiger partial charge in [0.05, 0.1) is 31.8 Å². The number of rotatable bonds is 21. The summed E-state index contributed by atoms with van der Waals surface area (Å²) in [5.74, 6) is 0.291. The van der Waals surface area contributed by atoms with Gasteiger partial charge in [0.2, 0.25) is 0 Å². The molecular weight excluding hydrogens is 721 g/mol. The van der Waals surface area contributed by atoms with Crippen LogP contribution in [0, 0.1) is 5.92 Å². The molecule has 0 amide bonds. The van der Waals surface area contributed by atoms with E-state index in [1.165, 1.54) is 41.5 Å². The molecule has 5 rings (SSSR count). The number of unbranched alkanes of at least 4 members (excludes halogenated alkanes) is 1. The molecule has 1 heterocycles. The van der Waals surface area contributed by atoms with Crippen molar-refractivity contribution in [3.63, 3.8) is 0 Å². The second kappa shape index (κ2) is 22.2. The van der Waals surface area contributed by atoms with Crippen molar-refractivity contribution in [2.45, 2.75) is 103 Å². The molecule has 2 fully saturated rings. The van der Waals surface area contributed by atoms with E-state index in [9.17, 15) is 14.4 Å². The van der Waals surface area contributed by atoms with Crippen molar-refractivity contribution in [2.24, 2.45) is 5.92 Å². The minimum atomic E-state index is -0.674. The first kappa shape index (κ1) is 43.2. The number of ether oxygens (including phenoxy) is 6. The summed E-state index contributed by atoms with van der Waals surface area (Å²) >= 11 is 0. The van der Waals surface area contributed by atoms with Crippen LogP contribution in [0.1, 0.15) is 100 Å². The quantitative estimate of drug-likeness (QED) is 0.0452. The standard InChI is InChI=1S/C48H60O9/c1-6-9-24-52-43-21-18-37(19-22-43)36-14-16-38(17-15-36)39-20-23-44(35(7-2)27-39)42-28-40(12-10-25-53-45(49)8-3)46(55-30-34-31-56-48(51)57-32-34)41(29-42)13-11-26-54-47(50)33(4)5/h8,14-17,20,23,27-29,34,37,43H,3-4,6-7,9-13,18-19,21-22,24-26,30-32H2,1-2,5H3. The van der Waals surface area contributed by atoms with Crippen LogP contribution in [-0.4, -0.2) is 63.8 Å². The zero-order valence-electron chi connectivity index (χ0n) is 34.1. The summed E-state index contributed by atoms with van der Waals surface area (Å²) in [5, 5.41) is 0. The molecular formula is C48H60O9. The maximum atomic E-state index is 12.1. The predicted octanol–water partition coefficient (Wildman–Crippen LogP) is 10.3. The number of cyclic esters (lactones) is 2. The van der Waals surface area contributed by atoms with E-state index in [4.69, 9.17) is 28.4 Å². The maximum Gasteiger partial charge on any atom is 0.508 e. The summed E-state index contributed by atoms with van der Waals surface area (Å²) in [7, 11) is 0. The number of hydrogen-bond donors (Lipinski definition) is 0. The lowest BCUT2D eigenvalue weighted by Crippen LogP contribution is -2.31. The van der Waals surface area contributed by atoms with Gasteiger partial charge >= 0.3 is 18.1 Å². The first-order chi connectivity index (χ1) is 27.7. The average Bonchev–Trinajstić information content (AvgIpc) is 3.23. The van der Waals surface area contributed by atoms with Crippen LogP contribution in [0.25, 0.3) is 22.3 Å². The van der Waals surface area contributed by atoms with Crippen molar-refractivity contribution in [3.8, 4) is 28.0 Å². The largest absolute Gasteiger partial charge is 0.508 e. The molecule has 1 saturated carbocycles. The fourth-order valence-corrected chi connectivity index (χ4v) is 7.52. The molecule has 1 aliphatic heterocycles. The summed E-state index contributed by atoms with van der Waals surface area (Å²) in [4.78, 5) is 35.4. The fourth-order valence-electron chi connectivity index (χ4n) is 7.52. The molecule has 3 aromatic carbocycles. The molecule has 0 unspecified atom stereocenters. The lowest BCUT2D eigenvalue weighted by molar-refractivity contribution is -0.139. The molecule has 9 heteroatoms. The normalized spacial score (nSPS) is 16.9. The maximum absolute atomic E-state index is 12.1. The SMILES string of the molecule is C=CC(=O)OCCCc1cc(-c2ccc(-c3ccc(C4CCC(OCCCC)CC4)cc3)cc2CC)cc(CCCOC(=O)C(=C)C)c1OCC1COC(=O)OC1. The number of benzene rings is 3. The Bertz CT molecular complexity index is 1810. The van der Waals surface area contributed by atoms with E-state index in [2.05, 4.69) is 81.6 Å². The Kier molecular flexibility index (Phi) is 16.8. The second-order valence-corrected chi connectivity index (χ2v) is 15.2. The van der Waals surface area contributed by atoms with Crippen LogP contribution in [0.4, 0.5) is 4.79 Å². The van der Waals surface area contributed by atoms with Gasteiger partial charge < -0.3 is 28.4 Å². The zero-order valence-corrected chi connectivity index (χ0v) is 34.1. The average molecular weight is 781 g/mol. The lowest BCUT2D eigenvalue weighted by Gasteiger charge is -2.29. The van der Waals surface area contributed by atoms with Crippen LogP contribution in [0.3, 0.4) is 0 Å². The monoisotopic (exact) mass is 780 g/mol. The van der Waals surface area contributed by atoms with Crippen LogP contribution in [0.2, 0.25) is 0 Å². The summed E-state index contributed by atoms with van der Waals surface area (Å²) in [5.41, 5.74) is 9.47. The van der Waals surface area contributed by atoms with Gasteiger partial charge in [-0.15, -0.1) is 0 Å².